The molecule has 0 fully saturated rings. The largest absolute Gasteiger partial charge is 2.00 e. The van der Waals surface area contributed by atoms with Crippen molar-refractivity contribution in [1.82, 2.24) is 0 Å². The van der Waals surface area contributed by atoms with Crippen molar-refractivity contribution in [1.29, 1.82) is 0 Å². The number of rotatable bonds is 11. The van der Waals surface area contributed by atoms with Crippen LogP contribution >= 0.6 is 0 Å². The van der Waals surface area contributed by atoms with Gasteiger partial charge in [-0.2, -0.15) is 8.42 Å². The molecule has 0 bridgehead atoms. The van der Waals surface area contributed by atoms with Crippen molar-refractivity contribution in [2.24, 2.45) is 5.41 Å². The van der Waals surface area contributed by atoms with Crippen LogP contribution in [0.4, 0.5) is 0 Å². The molecule has 0 amide bonds. The van der Waals surface area contributed by atoms with Crippen LogP contribution in [0.1, 0.15) is 65.7 Å². The molecular weight excluding hydrogens is 337 g/mol. The standard InChI is InChI=1S/C14H26O7S.Mg/c1-4-7-8-9-13(5-2,6-3)14(12(17)18,10-11(15)16)22(19,20)21;/h4-10H2,1-3H3,(H,15,16)(H,17,18)(H,19,20,21);/q;+2/p-2. The maximum atomic E-state index is 11.9. The van der Waals surface area contributed by atoms with E-state index in [9.17, 15) is 32.8 Å². The summed E-state index contributed by atoms with van der Waals surface area (Å²) in [6.45, 7) is 5.08. The summed E-state index contributed by atoms with van der Waals surface area (Å²) in [6.07, 6.45) is 1.07. The monoisotopic (exact) mass is 360 g/mol. The first-order valence-electron chi connectivity index (χ1n) is 7.43. The van der Waals surface area contributed by atoms with Crippen LogP contribution in [-0.2, 0) is 19.7 Å². The third-order valence-corrected chi connectivity index (χ3v) is 6.26. The second-order valence-corrected chi connectivity index (χ2v) is 7.23. The Morgan fingerprint density at radius 2 is 1.52 bits per heavy atom. The van der Waals surface area contributed by atoms with E-state index in [0.717, 1.165) is 12.8 Å². The van der Waals surface area contributed by atoms with Crippen molar-refractivity contribution in [2.45, 2.75) is 70.5 Å². The van der Waals surface area contributed by atoms with Crippen LogP contribution in [0, 0.1) is 5.41 Å². The van der Waals surface area contributed by atoms with Gasteiger partial charge in [0.2, 0.25) is 0 Å². The van der Waals surface area contributed by atoms with Gasteiger partial charge in [-0.1, -0.05) is 40.0 Å². The van der Waals surface area contributed by atoms with E-state index in [1.54, 1.807) is 13.8 Å². The number of carbonyl (C=O) groups excluding carboxylic acids is 2. The summed E-state index contributed by atoms with van der Waals surface area (Å²) in [7, 11) is -5.22. The minimum absolute atomic E-state index is 0. The van der Waals surface area contributed by atoms with Gasteiger partial charge in [0.25, 0.3) is 10.1 Å². The molecule has 0 aromatic carbocycles. The molecule has 7 nitrogen and oxygen atoms in total. The summed E-state index contributed by atoms with van der Waals surface area (Å²) in [5.41, 5.74) is -1.44. The zero-order valence-electron chi connectivity index (χ0n) is 14.0. The number of hydrogen-bond donors (Lipinski definition) is 1. The smallest absolute Gasteiger partial charge is 0.550 e. The minimum atomic E-state index is -5.22. The molecule has 1 atom stereocenters. The van der Waals surface area contributed by atoms with Crippen molar-refractivity contribution >= 4 is 45.1 Å². The molecule has 0 saturated carbocycles. The van der Waals surface area contributed by atoms with E-state index in [2.05, 4.69) is 0 Å². The second kappa shape index (κ2) is 9.80. The first kappa shape index (κ1) is 24.9. The van der Waals surface area contributed by atoms with Crippen LogP contribution in [0.5, 0.6) is 0 Å². The van der Waals surface area contributed by atoms with E-state index >= 15 is 0 Å². The molecule has 23 heavy (non-hydrogen) atoms. The molecule has 0 aliphatic rings. The molecule has 0 saturated heterocycles. The summed E-state index contributed by atoms with van der Waals surface area (Å²) in [5.74, 6) is -3.96. The van der Waals surface area contributed by atoms with Crippen molar-refractivity contribution in [2.75, 3.05) is 0 Å². The second-order valence-electron chi connectivity index (χ2n) is 5.58. The SMILES string of the molecule is CCCCCC(CC)(CC)C(CC(=O)[O-])(C(=O)[O-])S(=O)(=O)O.[Mg+2]. The van der Waals surface area contributed by atoms with Crippen LogP contribution in [0.3, 0.4) is 0 Å². The van der Waals surface area contributed by atoms with Gasteiger partial charge < -0.3 is 19.8 Å². The van der Waals surface area contributed by atoms with Crippen molar-refractivity contribution < 1.29 is 32.8 Å². The zero-order chi connectivity index (χ0) is 17.6. The molecule has 0 spiro atoms. The summed E-state index contributed by atoms with van der Waals surface area (Å²) < 4.78 is 30.4. The summed E-state index contributed by atoms with van der Waals surface area (Å²) in [4.78, 5) is 22.7. The van der Waals surface area contributed by atoms with Crippen molar-refractivity contribution in [3.8, 4) is 0 Å². The van der Waals surface area contributed by atoms with Crippen LogP contribution in [0.25, 0.3) is 0 Å². The molecule has 1 N–H and O–H groups in total. The van der Waals surface area contributed by atoms with E-state index in [4.69, 9.17) is 0 Å². The van der Waals surface area contributed by atoms with Gasteiger partial charge in [-0.25, -0.2) is 0 Å². The Labute approximate surface area is 153 Å². The predicted octanol–water partition coefficient (Wildman–Crippen LogP) is -0.491. The van der Waals surface area contributed by atoms with Gasteiger partial charge in [0, 0.05) is 12.4 Å². The van der Waals surface area contributed by atoms with Gasteiger partial charge in [0.05, 0.1) is 5.97 Å². The molecule has 9 heteroatoms. The quantitative estimate of drug-likeness (QED) is 0.298. The Morgan fingerprint density at radius 3 is 1.78 bits per heavy atom. The van der Waals surface area contributed by atoms with Crippen molar-refractivity contribution in [3.05, 3.63) is 0 Å². The Kier molecular flexibility index (Phi) is 10.6. The van der Waals surface area contributed by atoms with E-state index in [-0.39, 0.29) is 42.3 Å². The van der Waals surface area contributed by atoms with Gasteiger partial charge in [-0.3, -0.25) is 4.55 Å². The molecule has 0 rings (SSSR count). The first-order valence-corrected chi connectivity index (χ1v) is 8.87. The number of carbonyl (C=O) groups is 2. The van der Waals surface area contributed by atoms with Crippen LogP contribution in [0.15, 0.2) is 0 Å². The molecule has 0 aromatic heterocycles. The first-order chi connectivity index (χ1) is 10.0. The zero-order valence-corrected chi connectivity index (χ0v) is 16.2. The van der Waals surface area contributed by atoms with Crippen LogP contribution in [-0.4, -0.2) is 52.7 Å². The fraction of sp³-hybridized carbons (Fsp3) is 0.857. The topological polar surface area (TPSA) is 135 Å². The van der Waals surface area contributed by atoms with Crippen LogP contribution in [0.2, 0.25) is 0 Å². The van der Waals surface area contributed by atoms with Gasteiger partial charge in [-0.15, -0.1) is 0 Å². The molecule has 130 valence electrons. The summed E-state index contributed by atoms with van der Waals surface area (Å²) in [6, 6.07) is 0. The van der Waals surface area contributed by atoms with Gasteiger partial charge in [0.15, 0.2) is 0 Å². The van der Waals surface area contributed by atoms with Gasteiger partial charge in [0.1, 0.15) is 4.75 Å². The van der Waals surface area contributed by atoms with E-state index in [1.165, 1.54) is 0 Å². The minimum Gasteiger partial charge on any atom is -0.550 e. The fourth-order valence-electron chi connectivity index (χ4n) is 3.24. The number of carboxylic acids is 2. The molecule has 0 heterocycles. The molecule has 1 unspecified atom stereocenters. The van der Waals surface area contributed by atoms with Gasteiger partial charge >= 0.3 is 23.1 Å². The fourth-order valence-corrected chi connectivity index (χ4v) is 4.69. The third-order valence-electron chi connectivity index (χ3n) is 4.63. The third kappa shape index (κ3) is 5.04. The average Bonchev–Trinajstić information content (AvgIpc) is 2.40. The Hall–Kier alpha value is -0.384. The number of aliphatic carboxylic acids is 2. The Bertz CT molecular complexity index is 499. The molecule has 0 aromatic rings. The average molecular weight is 361 g/mol. The van der Waals surface area contributed by atoms with E-state index < -0.39 is 38.6 Å². The Morgan fingerprint density at radius 1 is 1.04 bits per heavy atom. The number of unbranched alkanes of at least 4 members (excludes halogenated alkanes) is 2. The molecular formula is C14H24MgO7S. The maximum absolute atomic E-state index is 11.9. The van der Waals surface area contributed by atoms with Gasteiger partial charge in [-0.05, 0) is 24.7 Å². The molecule has 0 radical (unpaired) electrons. The van der Waals surface area contributed by atoms with E-state index in [1.807, 2.05) is 6.92 Å². The summed E-state index contributed by atoms with van der Waals surface area (Å²) in [5, 5.41) is 22.7. The molecule has 0 aliphatic carbocycles. The van der Waals surface area contributed by atoms with Crippen molar-refractivity contribution in [3.63, 3.8) is 0 Å². The molecule has 0 aliphatic heterocycles. The Balaban J connectivity index is 0. The number of hydrogen-bond acceptors (Lipinski definition) is 6. The normalized spacial score (nSPS) is 14.6. The van der Waals surface area contributed by atoms with E-state index in [0.29, 0.717) is 6.42 Å². The number of carboxylic acid groups (broad SMARTS) is 2. The van der Waals surface area contributed by atoms with Crippen LogP contribution < -0.4 is 10.2 Å². The predicted molar refractivity (Wildman–Crippen MR) is 81.8 cm³/mol. The maximum Gasteiger partial charge on any atom is 2.00 e. The summed E-state index contributed by atoms with van der Waals surface area (Å²) >= 11 is 0.